The molecule has 782 valence electrons. The van der Waals surface area contributed by atoms with Crippen molar-refractivity contribution in [3.63, 3.8) is 0 Å². The highest BCUT2D eigenvalue weighted by Crippen LogP contribution is 2.53. The number of hydrogen-bond acceptors (Lipinski definition) is 19. The quantitative estimate of drug-likeness (QED) is 0.0337. The van der Waals surface area contributed by atoms with Crippen molar-refractivity contribution in [1.82, 2.24) is 53.2 Å². The van der Waals surface area contributed by atoms with Crippen molar-refractivity contribution in [2.45, 2.75) is 378 Å². The van der Waals surface area contributed by atoms with Crippen LogP contribution in [0, 0.1) is 0 Å². The molecular weight excluding hydrogens is 1840 g/mol. The number of aliphatic imine (C=N–C) groups is 1. The zero-order valence-corrected chi connectivity index (χ0v) is 87.2. The number of imide groups is 4. The Balaban J connectivity index is 0.000000139. The van der Waals surface area contributed by atoms with Crippen LogP contribution in [0.15, 0.2) is 187 Å². The van der Waals surface area contributed by atoms with Gasteiger partial charge in [0.05, 0.1) is 39.6 Å². The van der Waals surface area contributed by atoms with E-state index in [4.69, 9.17) is 28.4 Å². The lowest BCUT2D eigenvalue weighted by Gasteiger charge is -2.44. The Morgan fingerprint density at radius 2 is 0.472 bits per heavy atom. The first-order valence-corrected chi connectivity index (χ1v) is 53.9. The molecule has 0 unspecified atom stereocenters. The predicted octanol–water partition coefficient (Wildman–Crippen LogP) is 20.0. The van der Waals surface area contributed by atoms with Crippen molar-refractivity contribution in [3.8, 4) is 0 Å². The fourth-order valence-corrected chi connectivity index (χ4v) is 25.9. The van der Waals surface area contributed by atoms with Crippen LogP contribution in [-0.4, -0.2) is 164 Å². The number of urea groups is 4. The van der Waals surface area contributed by atoms with Crippen LogP contribution in [-0.2, 0) is 89.9 Å². The summed E-state index contributed by atoms with van der Waals surface area (Å²) in [4.78, 5) is 121. The van der Waals surface area contributed by atoms with Gasteiger partial charge in [-0.15, -0.1) is 12.4 Å². The highest BCUT2D eigenvalue weighted by molar-refractivity contribution is 6.09. The summed E-state index contributed by atoms with van der Waals surface area (Å²) >= 11 is 0. The molecule has 6 aromatic carbocycles. The third kappa shape index (κ3) is 26.2. The summed E-state index contributed by atoms with van der Waals surface area (Å²) < 4.78 is 33.8. The second-order valence-corrected chi connectivity index (χ2v) is 42.4. The van der Waals surface area contributed by atoms with Gasteiger partial charge in [-0.25, -0.2) is 19.2 Å². The number of Topliss-reactive ketones (excluding diaryl/α,β-unsaturated/α-hetero) is 2. The first-order valence-electron chi connectivity index (χ1n) is 53.9. The molecule has 12 amide bonds. The smallest absolute Gasteiger partial charge is 0.322 e. The lowest BCUT2D eigenvalue weighted by molar-refractivity contribution is -0.187. The summed E-state index contributed by atoms with van der Waals surface area (Å²) in [6, 6.07) is 62.3. The van der Waals surface area contributed by atoms with E-state index in [0.717, 1.165) is 277 Å². The van der Waals surface area contributed by atoms with Gasteiger partial charge >= 0.3 is 24.1 Å². The molecule has 0 atom stereocenters. The maximum absolute atomic E-state index is 12.1. The van der Waals surface area contributed by atoms with Gasteiger partial charge in [-0.05, 0) is 242 Å². The molecule has 7 spiro atoms. The number of rotatable bonds is 19. The summed E-state index contributed by atoms with van der Waals surface area (Å²) in [7, 11) is 0. The Morgan fingerprint density at radius 3 is 0.688 bits per heavy atom. The Labute approximate surface area is 859 Å². The molecule has 0 aromatic heterocycles. The van der Waals surface area contributed by atoms with Crippen molar-refractivity contribution in [1.29, 1.82) is 0 Å². The highest BCUT2D eigenvalue weighted by Gasteiger charge is 2.57. The van der Waals surface area contributed by atoms with E-state index in [-0.39, 0.29) is 110 Å². The van der Waals surface area contributed by atoms with Gasteiger partial charge in [0.1, 0.15) is 33.7 Å². The molecule has 21 rings (SSSR count). The minimum Gasteiger partial charge on any atom is -0.348 e. The molecule has 8 saturated carbocycles. The van der Waals surface area contributed by atoms with Gasteiger partial charge in [0, 0.05) is 87.5 Å². The van der Waals surface area contributed by atoms with Crippen molar-refractivity contribution in [2.75, 3.05) is 59.3 Å². The van der Waals surface area contributed by atoms with Crippen LogP contribution in [0.3, 0.4) is 0 Å². The van der Waals surface area contributed by atoms with Gasteiger partial charge in [0.15, 0.2) is 17.4 Å². The number of carbonyl (C=O) groups excluding carboxylic acids is 10. The average Bonchev–Trinajstić information content (AvgIpc) is 1.59. The van der Waals surface area contributed by atoms with E-state index in [1.165, 1.54) is 39.1 Å². The van der Waals surface area contributed by atoms with Gasteiger partial charge in [-0.2, -0.15) is 0 Å². The maximum Gasteiger partial charge on any atom is 0.322 e. The predicted molar refractivity (Wildman–Crippen MR) is 560 cm³/mol. The molecule has 7 heterocycles. The van der Waals surface area contributed by atoms with E-state index < -0.39 is 22.2 Å². The van der Waals surface area contributed by atoms with Gasteiger partial charge < -0.3 is 60.3 Å². The van der Waals surface area contributed by atoms with Crippen LogP contribution in [0.4, 0.5) is 19.2 Å². The molecule has 0 bridgehead atoms. The molecule has 15 aliphatic rings. The fraction of sp³-hybridized carbons (Fsp3) is 0.595. The van der Waals surface area contributed by atoms with E-state index in [9.17, 15) is 47.9 Å². The second kappa shape index (κ2) is 50.2. The average molecular weight is 2000 g/mol. The third-order valence-corrected chi connectivity index (χ3v) is 34.0. The molecule has 144 heavy (non-hydrogen) atoms. The normalized spacial score (nSPS) is 26.8. The van der Waals surface area contributed by atoms with Crippen LogP contribution >= 0.6 is 12.4 Å². The summed E-state index contributed by atoms with van der Waals surface area (Å²) in [5, 5.41) is 28.2. The molecule has 0 radical (unpaired) electrons. The van der Waals surface area contributed by atoms with E-state index in [0.29, 0.717) is 50.5 Å². The van der Waals surface area contributed by atoms with Gasteiger partial charge in [0.25, 0.3) is 23.6 Å². The number of hydrogen-bond donors (Lipinski definition) is 10. The topological polar surface area (TPSA) is 359 Å². The maximum atomic E-state index is 12.1. The molecule has 15 fully saturated rings. The molecule has 10 N–H and O–H groups in total. The summed E-state index contributed by atoms with van der Waals surface area (Å²) in [5.74, 6) is -0.721. The largest absolute Gasteiger partial charge is 0.348 e. The number of ether oxygens (including phenoxy) is 6. The number of carbonyl (C=O) groups is 10. The van der Waals surface area contributed by atoms with Crippen LogP contribution in [0.25, 0.3) is 0 Å². The van der Waals surface area contributed by atoms with Crippen molar-refractivity contribution < 1.29 is 76.4 Å². The zero-order chi connectivity index (χ0) is 101. The highest BCUT2D eigenvalue weighted by atomic mass is 35.5. The van der Waals surface area contributed by atoms with Gasteiger partial charge in [-0.3, -0.25) is 55.0 Å². The number of nitrogens with one attached hydrogen (secondary N) is 10. The standard InChI is InChI=1S/4C17H22N2O2.C16H23NO2.C14H19NO.C10H17NO2.C8H12O3.ClH/c4*1-2-8-16(13-6-4-3-5-7-13)9-11-17(12-10-16)14(20)18-15(21)19-17;1-2-17-15(14-6-4-3-5-7-14)8-10-16(11-9-15)18-12-13-19-16;1-2-15-14(10-8-13(16)9-11-14)12-6-4-3-5-7-12;1-2-11-9-3-5-10(6-4-9)12-7-8-13-10;9-7-1-3-8(4-2-7)10-5-6-11-8;/h4*3-7H,2,8-12H2,1H3,(H2,18,19,20,21);3-7,17H,2,8-13H2,1H3;3-7,15H,2,8-11H2,1H3;2-8H2,1H3;1-6H2;1H. The van der Waals surface area contributed by atoms with Gasteiger partial charge in [0.2, 0.25) is 0 Å². The molecule has 7 saturated heterocycles. The number of halogens is 1. The molecule has 7 aliphatic heterocycles. The minimum atomic E-state index is -0.664. The summed E-state index contributed by atoms with van der Waals surface area (Å²) in [6.45, 7) is 22.5. The monoisotopic (exact) mass is 2000 g/mol. The van der Waals surface area contributed by atoms with Crippen LogP contribution < -0.4 is 53.2 Å². The van der Waals surface area contributed by atoms with Crippen LogP contribution in [0.2, 0.25) is 0 Å². The second-order valence-electron chi connectivity index (χ2n) is 42.4. The molecule has 6 aromatic rings. The summed E-state index contributed by atoms with van der Waals surface area (Å²) in [6.07, 6.45) is 36.6. The van der Waals surface area contributed by atoms with E-state index in [1.807, 2.05) is 30.3 Å². The lowest BCUT2D eigenvalue weighted by atomic mass is 9.62. The number of ketones is 2. The molecule has 8 aliphatic carbocycles. The number of nitrogens with zero attached hydrogens (tertiary/aromatic N) is 1. The zero-order valence-electron chi connectivity index (χ0n) is 86.4. The van der Waals surface area contributed by atoms with Gasteiger partial charge in [-0.1, -0.05) is 249 Å². The summed E-state index contributed by atoms with van der Waals surface area (Å²) in [5.41, 5.74) is 7.59. The molecule has 28 heteroatoms. The van der Waals surface area contributed by atoms with Crippen LogP contribution in [0.1, 0.15) is 339 Å². The first kappa shape index (κ1) is 111. The van der Waals surface area contributed by atoms with E-state index in [1.54, 1.807) is 0 Å². The lowest BCUT2D eigenvalue weighted by Crippen LogP contribution is -2.52. The Bertz CT molecular complexity index is 4790. The minimum absolute atomic E-state index is 0. The molecular formula is C116H160ClN11O16. The SMILES string of the molecule is CCCC1(c2ccccc2)CCC2(CC1)NC(=O)NC2=O.CCCC1(c2ccccc2)CCC2(CC1)NC(=O)NC2=O.CCCC1(c2ccccc2)CCC2(CC1)NC(=O)NC2=O.CCCC1(c2ccccc2)CCC2(CC1)NC(=O)NC2=O.CCN=C1CCC2(CC1)OCCO2.CCNC1(c2ccccc2)CCC(=O)CC1.CCNC1(c2ccccc2)CCC2(CC1)OCCO2.Cl.O=C1CCC2(CC1)OCCO2. The molecule has 27 nitrogen and oxygen atoms in total. The van der Waals surface area contributed by atoms with Crippen molar-refractivity contribution in [3.05, 3.63) is 215 Å². The van der Waals surface area contributed by atoms with Crippen molar-refractivity contribution >= 4 is 77.4 Å². The van der Waals surface area contributed by atoms with Crippen molar-refractivity contribution in [2.24, 2.45) is 4.99 Å². The van der Waals surface area contributed by atoms with Crippen LogP contribution in [0.5, 0.6) is 0 Å². The number of benzene rings is 6. The Morgan fingerprint density at radius 1 is 0.257 bits per heavy atom. The Hall–Kier alpha value is -9.94. The van der Waals surface area contributed by atoms with E-state index in [2.05, 4.69) is 258 Å². The Kier molecular flexibility index (Phi) is 38.8. The fourth-order valence-electron chi connectivity index (χ4n) is 25.9. The first-order chi connectivity index (χ1) is 69.1. The third-order valence-electron chi connectivity index (χ3n) is 34.0. The van der Waals surface area contributed by atoms with E-state index >= 15 is 0 Å². The number of amides is 12.